The number of thiazole rings is 1. The predicted molar refractivity (Wildman–Crippen MR) is 115 cm³/mol. The van der Waals surface area contributed by atoms with Gasteiger partial charge in [0.15, 0.2) is 5.13 Å². The summed E-state index contributed by atoms with van der Waals surface area (Å²) in [6.07, 6.45) is 3.89. The Morgan fingerprint density at radius 1 is 1.25 bits per heavy atom. The number of amides is 1. The van der Waals surface area contributed by atoms with Gasteiger partial charge < -0.3 is 0 Å². The number of hydrogen-bond acceptors (Lipinski definition) is 4. The first-order chi connectivity index (χ1) is 13.5. The van der Waals surface area contributed by atoms with Crippen molar-refractivity contribution in [3.05, 3.63) is 85.8 Å². The lowest BCUT2D eigenvalue weighted by Gasteiger charge is -2.03. The van der Waals surface area contributed by atoms with Crippen molar-refractivity contribution in [2.45, 2.75) is 13.3 Å². The molecule has 1 N–H and O–H groups in total. The van der Waals surface area contributed by atoms with Gasteiger partial charge in [-0.15, -0.1) is 11.3 Å². The number of benzene rings is 2. The van der Waals surface area contributed by atoms with Crippen molar-refractivity contribution in [2.24, 2.45) is 0 Å². The van der Waals surface area contributed by atoms with Crippen LogP contribution < -0.4 is 5.32 Å². The summed E-state index contributed by atoms with van der Waals surface area (Å²) < 4.78 is 0. The highest BCUT2D eigenvalue weighted by Gasteiger charge is 2.13. The predicted octanol–water partition coefficient (Wildman–Crippen LogP) is 5.89. The van der Waals surface area contributed by atoms with Gasteiger partial charge in [0, 0.05) is 17.5 Å². The number of anilines is 1. The number of aromatic nitrogens is 1. The molecule has 140 valence electrons. The molecule has 0 aliphatic rings. The van der Waals surface area contributed by atoms with Crippen LogP contribution in [0.15, 0.2) is 54.2 Å². The Hall–Kier alpha value is -2.65. The maximum absolute atomic E-state index is 12.4. The molecular formula is C21H15Cl2N3OS. The third kappa shape index (κ3) is 4.99. The molecule has 1 amide bonds. The van der Waals surface area contributed by atoms with Crippen molar-refractivity contribution < 1.29 is 4.79 Å². The molecule has 0 radical (unpaired) electrons. The average molecular weight is 428 g/mol. The molecule has 0 atom stereocenters. The largest absolute Gasteiger partial charge is 0.297 e. The zero-order valence-electron chi connectivity index (χ0n) is 14.9. The first-order valence-electron chi connectivity index (χ1n) is 8.33. The number of nitrogens with one attached hydrogen (secondary N) is 1. The smallest absolute Gasteiger partial charge is 0.268 e. The number of halogens is 2. The zero-order valence-corrected chi connectivity index (χ0v) is 17.2. The SMILES string of the molecule is Cc1ccccc1C=C(C#N)C(=O)Nc1ncc(Cc2ccc(Cl)c(Cl)c2)s1. The van der Waals surface area contributed by atoms with E-state index in [0.29, 0.717) is 21.6 Å². The van der Waals surface area contributed by atoms with E-state index in [2.05, 4.69) is 10.3 Å². The maximum Gasteiger partial charge on any atom is 0.268 e. The van der Waals surface area contributed by atoms with Gasteiger partial charge in [-0.25, -0.2) is 4.98 Å². The summed E-state index contributed by atoms with van der Waals surface area (Å²) in [5.41, 5.74) is 2.83. The first kappa shape index (κ1) is 20.1. The molecule has 0 aliphatic carbocycles. The van der Waals surface area contributed by atoms with Gasteiger partial charge in [0.25, 0.3) is 5.91 Å². The Kier molecular flexibility index (Phi) is 6.48. The highest BCUT2D eigenvalue weighted by molar-refractivity contribution is 7.15. The summed E-state index contributed by atoms with van der Waals surface area (Å²) in [5.74, 6) is -0.485. The topological polar surface area (TPSA) is 65.8 Å². The normalized spacial score (nSPS) is 11.1. The van der Waals surface area contributed by atoms with Gasteiger partial charge in [-0.05, 0) is 41.8 Å². The van der Waals surface area contributed by atoms with E-state index in [1.165, 1.54) is 11.3 Å². The van der Waals surface area contributed by atoms with Gasteiger partial charge >= 0.3 is 0 Å². The lowest BCUT2D eigenvalue weighted by atomic mass is 10.1. The quantitative estimate of drug-likeness (QED) is 0.407. The summed E-state index contributed by atoms with van der Waals surface area (Å²) in [4.78, 5) is 17.6. The molecule has 3 rings (SSSR count). The number of nitrogens with zero attached hydrogens (tertiary/aromatic N) is 2. The van der Waals surface area contributed by atoms with Gasteiger partial charge in [0.05, 0.1) is 10.0 Å². The van der Waals surface area contributed by atoms with Gasteiger partial charge in [0.1, 0.15) is 11.6 Å². The molecule has 2 aromatic carbocycles. The summed E-state index contributed by atoms with van der Waals surface area (Å²) in [6.45, 7) is 1.93. The van der Waals surface area contributed by atoms with Crippen molar-refractivity contribution in [1.82, 2.24) is 4.98 Å². The van der Waals surface area contributed by atoms with Gasteiger partial charge in [0.2, 0.25) is 0 Å². The molecule has 1 aromatic heterocycles. The number of carbonyl (C=O) groups is 1. The van der Waals surface area contributed by atoms with Crippen LogP contribution in [0.3, 0.4) is 0 Å². The fraction of sp³-hybridized carbons (Fsp3) is 0.0952. The number of rotatable bonds is 5. The van der Waals surface area contributed by atoms with Crippen LogP contribution in [0.4, 0.5) is 5.13 Å². The van der Waals surface area contributed by atoms with E-state index in [9.17, 15) is 10.1 Å². The summed E-state index contributed by atoms with van der Waals surface area (Å²) in [7, 11) is 0. The highest BCUT2D eigenvalue weighted by Crippen LogP contribution is 2.26. The molecule has 0 bridgehead atoms. The van der Waals surface area contributed by atoms with E-state index < -0.39 is 5.91 Å². The molecule has 0 saturated heterocycles. The molecule has 1 heterocycles. The highest BCUT2D eigenvalue weighted by atomic mass is 35.5. The van der Waals surface area contributed by atoms with E-state index in [-0.39, 0.29) is 5.57 Å². The van der Waals surface area contributed by atoms with E-state index in [1.54, 1.807) is 24.4 Å². The Bertz CT molecular complexity index is 1100. The number of hydrogen-bond donors (Lipinski definition) is 1. The van der Waals surface area contributed by atoms with Crippen molar-refractivity contribution in [1.29, 1.82) is 5.26 Å². The van der Waals surface area contributed by atoms with Crippen LogP contribution in [0.1, 0.15) is 21.6 Å². The van der Waals surface area contributed by atoms with Crippen LogP contribution in [0.5, 0.6) is 0 Å². The molecule has 0 saturated carbocycles. The van der Waals surface area contributed by atoms with Crippen molar-refractivity contribution in [2.75, 3.05) is 5.32 Å². The van der Waals surface area contributed by atoms with Gasteiger partial charge in [-0.3, -0.25) is 10.1 Å². The fourth-order valence-corrected chi connectivity index (χ4v) is 3.68. The average Bonchev–Trinajstić information content (AvgIpc) is 3.10. The number of carbonyl (C=O) groups excluding carboxylic acids is 1. The molecule has 0 fully saturated rings. The fourth-order valence-electron chi connectivity index (χ4n) is 2.52. The Morgan fingerprint density at radius 2 is 2.04 bits per heavy atom. The molecule has 28 heavy (non-hydrogen) atoms. The first-order valence-corrected chi connectivity index (χ1v) is 9.91. The molecule has 4 nitrogen and oxygen atoms in total. The summed E-state index contributed by atoms with van der Waals surface area (Å²) >= 11 is 13.3. The molecule has 0 unspecified atom stereocenters. The zero-order chi connectivity index (χ0) is 20.1. The minimum atomic E-state index is -0.485. The second-order valence-corrected chi connectivity index (χ2v) is 7.97. The molecule has 7 heteroatoms. The van der Waals surface area contributed by atoms with Crippen LogP contribution in [-0.4, -0.2) is 10.9 Å². The van der Waals surface area contributed by atoms with E-state index >= 15 is 0 Å². The summed E-state index contributed by atoms with van der Waals surface area (Å²) in [6, 6.07) is 15.0. The minimum absolute atomic E-state index is 0.0236. The van der Waals surface area contributed by atoms with Gasteiger partial charge in [-0.1, -0.05) is 53.5 Å². The lowest BCUT2D eigenvalue weighted by molar-refractivity contribution is -0.112. The monoisotopic (exact) mass is 427 g/mol. The van der Waals surface area contributed by atoms with Crippen LogP contribution in [0, 0.1) is 18.3 Å². The third-order valence-electron chi connectivity index (χ3n) is 3.99. The van der Waals surface area contributed by atoms with Crippen LogP contribution >= 0.6 is 34.5 Å². The van der Waals surface area contributed by atoms with Crippen molar-refractivity contribution >= 4 is 51.7 Å². The van der Waals surface area contributed by atoms with Crippen molar-refractivity contribution in [3.8, 4) is 6.07 Å². The second-order valence-electron chi connectivity index (χ2n) is 6.04. The van der Waals surface area contributed by atoms with Crippen LogP contribution in [0.2, 0.25) is 10.0 Å². The van der Waals surface area contributed by atoms with E-state index in [1.807, 2.05) is 43.3 Å². The molecule has 3 aromatic rings. The molecular weight excluding hydrogens is 413 g/mol. The minimum Gasteiger partial charge on any atom is -0.297 e. The maximum atomic E-state index is 12.4. The van der Waals surface area contributed by atoms with Crippen LogP contribution in [0.25, 0.3) is 6.08 Å². The Labute approximate surface area is 177 Å². The van der Waals surface area contributed by atoms with Crippen LogP contribution in [-0.2, 0) is 11.2 Å². The third-order valence-corrected chi connectivity index (χ3v) is 5.64. The standard InChI is InChI=1S/C21H15Cl2N3OS/c1-13-4-2-3-5-15(13)10-16(11-24)20(27)26-21-25-12-17(28-21)8-14-6-7-18(22)19(23)9-14/h2-7,9-10,12H,8H2,1H3,(H,25,26,27). The van der Waals surface area contributed by atoms with Crippen molar-refractivity contribution in [3.63, 3.8) is 0 Å². The Balaban J connectivity index is 1.71. The van der Waals surface area contributed by atoms with E-state index in [4.69, 9.17) is 23.2 Å². The second kappa shape index (κ2) is 9.03. The lowest BCUT2D eigenvalue weighted by Crippen LogP contribution is -2.13. The Morgan fingerprint density at radius 3 is 2.75 bits per heavy atom. The molecule has 0 aliphatic heterocycles. The summed E-state index contributed by atoms with van der Waals surface area (Å²) in [5, 5.41) is 13.5. The van der Waals surface area contributed by atoms with Gasteiger partial charge in [-0.2, -0.15) is 5.26 Å². The molecule has 0 spiro atoms. The number of nitriles is 1. The number of aryl methyl sites for hydroxylation is 1. The van der Waals surface area contributed by atoms with E-state index in [0.717, 1.165) is 21.6 Å².